The van der Waals surface area contributed by atoms with Gasteiger partial charge in [0.25, 0.3) is 5.91 Å². The summed E-state index contributed by atoms with van der Waals surface area (Å²) < 4.78 is 7.21. The minimum Gasteiger partial charge on any atom is -0.494 e. The maximum Gasteiger partial charge on any atom is 0.270 e. The first-order chi connectivity index (χ1) is 10.7. The maximum atomic E-state index is 12.4. The third kappa shape index (κ3) is 4.00. The highest BCUT2D eigenvalue weighted by Crippen LogP contribution is 2.15. The smallest absolute Gasteiger partial charge is 0.270 e. The molecule has 1 aromatic heterocycles. The van der Waals surface area contributed by atoms with Gasteiger partial charge in [-0.05, 0) is 37.8 Å². The highest BCUT2D eigenvalue weighted by atomic mass is 32.2. The maximum absolute atomic E-state index is 12.4. The van der Waals surface area contributed by atoms with Gasteiger partial charge in [0, 0.05) is 5.56 Å². The van der Waals surface area contributed by atoms with Crippen molar-refractivity contribution in [3.8, 4) is 5.75 Å². The Bertz CT molecular complexity index is 642. The molecule has 118 valence electrons. The molecule has 1 aromatic carbocycles. The fourth-order valence-electron chi connectivity index (χ4n) is 1.83. The van der Waals surface area contributed by atoms with Crippen LogP contribution in [0.25, 0.3) is 0 Å². The van der Waals surface area contributed by atoms with E-state index in [1.807, 2.05) is 18.4 Å². The highest BCUT2D eigenvalue weighted by molar-refractivity contribution is 7.98. The Morgan fingerprint density at radius 3 is 2.95 bits per heavy atom. The molecule has 0 unspecified atom stereocenters. The number of ether oxygens (including phenoxy) is 1. The molecule has 0 aliphatic carbocycles. The van der Waals surface area contributed by atoms with E-state index in [-0.39, 0.29) is 5.91 Å². The van der Waals surface area contributed by atoms with Crippen LogP contribution in [0.4, 0.5) is 0 Å². The van der Waals surface area contributed by atoms with Crippen LogP contribution in [-0.4, -0.2) is 33.6 Å². The predicted molar refractivity (Wildman–Crippen MR) is 87.1 cm³/mol. The zero-order valence-corrected chi connectivity index (χ0v) is 13.8. The quantitative estimate of drug-likeness (QED) is 0.627. The van der Waals surface area contributed by atoms with Gasteiger partial charge >= 0.3 is 0 Å². The Morgan fingerprint density at radius 2 is 2.23 bits per heavy atom. The van der Waals surface area contributed by atoms with E-state index >= 15 is 0 Å². The second kappa shape index (κ2) is 7.84. The zero-order chi connectivity index (χ0) is 15.9. The summed E-state index contributed by atoms with van der Waals surface area (Å²) in [7, 11) is 0. The van der Waals surface area contributed by atoms with Gasteiger partial charge in [-0.15, -0.1) is 10.2 Å². The third-order valence-corrected chi connectivity index (χ3v) is 3.68. The van der Waals surface area contributed by atoms with Crippen LogP contribution < -0.4 is 10.2 Å². The van der Waals surface area contributed by atoms with Crippen molar-refractivity contribution >= 4 is 17.7 Å². The van der Waals surface area contributed by atoms with Crippen LogP contribution in [0.1, 0.15) is 35.9 Å². The van der Waals surface area contributed by atoms with Gasteiger partial charge in [0.1, 0.15) is 11.6 Å². The van der Waals surface area contributed by atoms with Crippen molar-refractivity contribution in [2.45, 2.75) is 31.8 Å². The number of rotatable bonds is 7. The lowest BCUT2D eigenvalue weighted by Crippen LogP contribution is -2.24. The van der Waals surface area contributed by atoms with Gasteiger partial charge < -0.3 is 4.74 Å². The van der Waals surface area contributed by atoms with Crippen molar-refractivity contribution in [3.63, 3.8) is 0 Å². The average Bonchev–Trinajstić information content (AvgIpc) is 2.88. The first-order valence-corrected chi connectivity index (χ1v) is 8.38. The summed E-state index contributed by atoms with van der Waals surface area (Å²) in [6, 6.07) is 7.15. The van der Waals surface area contributed by atoms with E-state index in [4.69, 9.17) is 4.74 Å². The summed E-state index contributed by atoms with van der Waals surface area (Å²) in [6.07, 6.45) is 3.95. The molecule has 0 atom stereocenters. The van der Waals surface area contributed by atoms with Crippen LogP contribution in [0.2, 0.25) is 0 Å². The van der Waals surface area contributed by atoms with Crippen molar-refractivity contribution in [2.24, 2.45) is 0 Å². The molecule has 2 aromatic rings. The first-order valence-electron chi connectivity index (χ1n) is 7.16. The number of nitrogens with zero attached hydrogens (tertiary/aromatic N) is 3. The summed E-state index contributed by atoms with van der Waals surface area (Å²) in [5.74, 6) is 1.11. The molecule has 0 aliphatic heterocycles. The summed E-state index contributed by atoms with van der Waals surface area (Å²) in [5.41, 5.74) is 3.33. The van der Waals surface area contributed by atoms with Crippen molar-refractivity contribution in [1.82, 2.24) is 14.9 Å². The molecule has 6 nitrogen and oxygen atoms in total. The molecule has 0 saturated carbocycles. The van der Waals surface area contributed by atoms with E-state index in [0.717, 1.165) is 12.8 Å². The van der Waals surface area contributed by atoms with Crippen LogP contribution in [0.3, 0.4) is 0 Å². The largest absolute Gasteiger partial charge is 0.494 e. The lowest BCUT2D eigenvalue weighted by atomic mass is 10.2. The van der Waals surface area contributed by atoms with Gasteiger partial charge in [-0.3, -0.25) is 10.2 Å². The fraction of sp³-hybridized carbons (Fsp3) is 0.400. The first kappa shape index (κ1) is 16.4. The minimum atomic E-state index is -0.223. The lowest BCUT2D eigenvalue weighted by Gasteiger charge is -2.10. The number of hydrogen-bond donors (Lipinski definition) is 1. The minimum absolute atomic E-state index is 0.223. The van der Waals surface area contributed by atoms with Crippen molar-refractivity contribution in [3.05, 3.63) is 35.7 Å². The molecule has 1 N–H and O–H groups in total. The van der Waals surface area contributed by atoms with Crippen LogP contribution in [0, 0.1) is 6.92 Å². The van der Waals surface area contributed by atoms with Gasteiger partial charge in [0.2, 0.25) is 5.16 Å². The Balaban J connectivity index is 2.09. The molecule has 0 radical (unpaired) electrons. The summed E-state index contributed by atoms with van der Waals surface area (Å²) in [6.45, 7) is 4.55. The molecule has 0 aliphatic rings. The molecule has 0 fully saturated rings. The van der Waals surface area contributed by atoms with Crippen molar-refractivity contribution in [2.75, 3.05) is 18.3 Å². The van der Waals surface area contributed by atoms with Crippen LogP contribution in [0.15, 0.2) is 29.4 Å². The molecule has 1 amide bonds. The Kier molecular flexibility index (Phi) is 5.83. The van der Waals surface area contributed by atoms with Gasteiger partial charge in [-0.2, -0.15) is 0 Å². The number of amides is 1. The second-order valence-corrected chi connectivity index (χ2v) is 5.51. The van der Waals surface area contributed by atoms with E-state index in [0.29, 0.717) is 28.9 Å². The number of carbonyl (C=O) groups excluding carboxylic acids is 1. The number of hydrogen-bond acceptors (Lipinski definition) is 5. The van der Waals surface area contributed by atoms with E-state index in [2.05, 4.69) is 22.5 Å². The predicted octanol–water partition coefficient (Wildman–Crippen LogP) is 2.87. The standard InChI is InChI=1S/C15H20N4O2S/c1-4-5-9-21-13-8-6-7-12(10-13)14(20)18-19-11(2)16-17-15(19)22-3/h6-8,10H,4-5,9H2,1-3H3,(H,18,20). The van der Waals surface area contributed by atoms with Crippen LogP contribution in [0.5, 0.6) is 5.75 Å². The molecule has 2 rings (SSSR count). The zero-order valence-electron chi connectivity index (χ0n) is 13.0. The van der Waals surface area contributed by atoms with Gasteiger partial charge in [-0.25, -0.2) is 4.68 Å². The fourth-order valence-corrected chi connectivity index (χ4v) is 2.31. The SMILES string of the molecule is CCCCOc1cccc(C(=O)Nn2c(C)nnc2SC)c1. The summed E-state index contributed by atoms with van der Waals surface area (Å²) in [5, 5.41) is 8.58. The van der Waals surface area contributed by atoms with Gasteiger partial charge in [0.05, 0.1) is 6.61 Å². The molecular formula is C15H20N4O2S. The van der Waals surface area contributed by atoms with Crippen molar-refractivity contribution < 1.29 is 9.53 Å². The molecular weight excluding hydrogens is 300 g/mol. The lowest BCUT2D eigenvalue weighted by molar-refractivity contribution is 0.100. The van der Waals surface area contributed by atoms with E-state index in [9.17, 15) is 4.79 Å². The Morgan fingerprint density at radius 1 is 1.41 bits per heavy atom. The number of aromatic nitrogens is 3. The summed E-state index contributed by atoms with van der Waals surface area (Å²) in [4.78, 5) is 12.4. The number of unbranched alkanes of at least 4 members (excludes halogenated alkanes) is 1. The molecule has 0 spiro atoms. The van der Waals surface area contributed by atoms with Crippen LogP contribution >= 0.6 is 11.8 Å². The number of thioether (sulfide) groups is 1. The molecule has 7 heteroatoms. The molecule has 1 heterocycles. The number of aryl methyl sites for hydroxylation is 1. The molecule has 0 saturated heterocycles. The van der Waals surface area contributed by atoms with E-state index in [1.165, 1.54) is 11.8 Å². The number of benzene rings is 1. The number of nitrogens with one attached hydrogen (secondary N) is 1. The normalized spacial score (nSPS) is 10.5. The Labute approximate surface area is 134 Å². The van der Waals surface area contributed by atoms with Gasteiger partial charge in [-0.1, -0.05) is 31.2 Å². The molecule has 22 heavy (non-hydrogen) atoms. The van der Waals surface area contributed by atoms with E-state index in [1.54, 1.807) is 23.7 Å². The topological polar surface area (TPSA) is 69.0 Å². The Hall–Kier alpha value is -2.02. The average molecular weight is 320 g/mol. The van der Waals surface area contributed by atoms with Crippen molar-refractivity contribution in [1.29, 1.82) is 0 Å². The van der Waals surface area contributed by atoms with E-state index < -0.39 is 0 Å². The summed E-state index contributed by atoms with van der Waals surface area (Å²) >= 11 is 1.42. The number of carbonyl (C=O) groups is 1. The third-order valence-electron chi connectivity index (χ3n) is 3.05. The van der Waals surface area contributed by atoms with Gasteiger partial charge in [0.15, 0.2) is 0 Å². The highest BCUT2D eigenvalue weighted by Gasteiger charge is 2.13. The second-order valence-electron chi connectivity index (χ2n) is 4.74. The monoisotopic (exact) mass is 320 g/mol. The van der Waals surface area contributed by atoms with Crippen LogP contribution in [-0.2, 0) is 0 Å². The molecule has 0 bridgehead atoms.